The number of hydrogen-bond acceptors (Lipinski definition) is 2. The van der Waals surface area contributed by atoms with Crippen LogP contribution in [0.15, 0.2) is 91.0 Å². The topological polar surface area (TPSA) is 32.3 Å². The van der Waals surface area contributed by atoms with E-state index in [1.807, 2.05) is 65.6 Å². The van der Waals surface area contributed by atoms with Crippen LogP contribution in [-0.2, 0) is 17.6 Å². The van der Waals surface area contributed by atoms with Gasteiger partial charge in [-0.2, -0.15) is 0 Å². The van der Waals surface area contributed by atoms with E-state index >= 15 is 0 Å². The molecule has 148 valence electrons. The molecule has 0 aliphatic carbocycles. The molecule has 3 aromatic carbocycles. The molecule has 1 heterocycles. The third-order valence-corrected chi connectivity index (χ3v) is 5.80. The number of para-hydroxylation sites is 1. The van der Waals surface area contributed by atoms with Crippen LogP contribution >= 0.6 is 0 Å². The van der Waals surface area contributed by atoms with E-state index < -0.39 is 0 Å². The zero-order valence-electron chi connectivity index (χ0n) is 16.7. The van der Waals surface area contributed by atoms with Crippen molar-refractivity contribution in [3.63, 3.8) is 0 Å². The van der Waals surface area contributed by atoms with Crippen molar-refractivity contribution in [1.29, 1.82) is 0 Å². The van der Waals surface area contributed by atoms with Gasteiger partial charge >= 0.3 is 0 Å². The zero-order valence-corrected chi connectivity index (χ0v) is 16.7. The van der Waals surface area contributed by atoms with Gasteiger partial charge in [0.1, 0.15) is 0 Å². The van der Waals surface area contributed by atoms with E-state index in [1.54, 1.807) is 0 Å². The average Bonchev–Trinajstić information content (AvgIpc) is 3.20. The van der Waals surface area contributed by atoms with Gasteiger partial charge in [-0.15, -0.1) is 0 Å². The minimum atomic E-state index is 0.160. The normalized spacial score (nSPS) is 18.5. The fourth-order valence-corrected chi connectivity index (χ4v) is 4.22. The van der Waals surface area contributed by atoms with Crippen molar-refractivity contribution in [2.45, 2.75) is 12.8 Å². The number of anilines is 1. The van der Waals surface area contributed by atoms with Crippen LogP contribution < -0.4 is 10.2 Å². The van der Waals surface area contributed by atoms with Crippen molar-refractivity contribution in [2.75, 3.05) is 24.5 Å². The van der Waals surface area contributed by atoms with E-state index in [0.717, 1.165) is 37.3 Å². The highest BCUT2D eigenvalue weighted by Crippen LogP contribution is 2.25. The number of benzene rings is 3. The van der Waals surface area contributed by atoms with Gasteiger partial charge in [-0.3, -0.25) is 4.79 Å². The molecule has 0 radical (unpaired) electrons. The van der Waals surface area contributed by atoms with Crippen LogP contribution in [0.2, 0.25) is 0 Å². The number of hydrogen-bond donors (Lipinski definition) is 1. The summed E-state index contributed by atoms with van der Waals surface area (Å²) in [4.78, 5) is 15.3. The summed E-state index contributed by atoms with van der Waals surface area (Å²) in [6.07, 6.45) is 1.48. The van der Waals surface area contributed by atoms with Gasteiger partial charge in [0.05, 0.1) is 6.42 Å². The van der Waals surface area contributed by atoms with E-state index in [-0.39, 0.29) is 5.91 Å². The predicted octanol–water partition coefficient (Wildman–Crippen LogP) is 4.34. The maximum absolute atomic E-state index is 13.3. The molecule has 3 heteroatoms. The van der Waals surface area contributed by atoms with Crippen molar-refractivity contribution in [3.05, 3.63) is 102 Å². The molecule has 1 aliphatic rings. The third-order valence-electron chi connectivity index (χ3n) is 5.80. The van der Waals surface area contributed by atoms with Crippen molar-refractivity contribution in [1.82, 2.24) is 5.32 Å². The summed E-state index contributed by atoms with van der Waals surface area (Å²) in [7, 11) is 0. The van der Waals surface area contributed by atoms with Crippen LogP contribution in [0.3, 0.4) is 0 Å². The lowest BCUT2D eigenvalue weighted by atomic mass is 9.89. The molecule has 0 bridgehead atoms. The van der Waals surface area contributed by atoms with Gasteiger partial charge in [0.25, 0.3) is 0 Å². The molecule has 0 saturated carbocycles. The van der Waals surface area contributed by atoms with Gasteiger partial charge in [-0.25, -0.2) is 0 Å². The maximum atomic E-state index is 13.3. The largest absolute Gasteiger partial charge is 0.316 e. The summed E-state index contributed by atoms with van der Waals surface area (Å²) in [6.45, 7) is 2.72. The van der Waals surface area contributed by atoms with E-state index in [9.17, 15) is 4.79 Å². The van der Waals surface area contributed by atoms with E-state index in [0.29, 0.717) is 18.3 Å². The highest BCUT2D eigenvalue weighted by atomic mass is 16.2. The Labute approximate surface area is 173 Å². The van der Waals surface area contributed by atoms with Crippen molar-refractivity contribution < 1.29 is 4.79 Å². The molecule has 29 heavy (non-hydrogen) atoms. The summed E-state index contributed by atoms with van der Waals surface area (Å²) in [5.41, 5.74) is 3.41. The Hall–Kier alpha value is -2.91. The van der Waals surface area contributed by atoms with Crippen LogP contribution in [-0.4, -0.2) is 25.5 Å². The Morgan fingerprint density at radius 2 is 1.31 bits per heavy atom. The molecule has 3 nitrogen and oxygen atoms in total. The fourth-order valence-electron chi connectivity index (χ4n) is 4.22. The molecular weight excluding hydrogens is 356 g/mol. The third kappa shape index (κ3) is 5.12. The van der Waals surface area contributed by atoms with Crippen molar-refractivity contribution >= 4 is 11.6 Å². The van der Waals surface area contributed by atoms with Gasteiger partial charge in [0.15, 0.2) is 0 Å². The number of carbonyl (C=O) groups is 1. The Morgan fingerprint density at radius 3 is 1.97 bits per heavy atom. The average molecular weight is 385 g/mol. The summed E-state index contributed by atoms with van der Waals surface area (Å²) < 4.78 is 0. The molecule has 0 aromatic heterocycles. The van der Waals surface area contributed by atoms with Crippen LogP contribution in [0, 0.1) is 11.8 Å². The minimum Gasteiger partial charge on any atom is -0.316 e. The summed E-state index contributed by atoms with van der Waals surface area (Å²) in [5, 5.41) is 3.55. The number of rotatable bonds is 7. The molecule has 1 saturated heterocycles. The first-order chi connectivity index (χ1) is 14.3. The molecule has 1 N–H and O–H groups in total. The van der Waals surface area contributed by atoms with Crippen molar-refractivity contribution in [3.8, 4) is 0 Å². The Morgan fingerprint density at radius 1 is 0.759 bits per heavy atom. The smallest absolute Gasteiger partial charge is 0.231 e. The van der Waals surface area contributed by atoms with E-state index in [1.165, 1.54) is 5.56 Å². The van der Waals surface area contributed by atoms with E-state index in [2.05, 4.69) is 35.6 Å². The molecule has 1 fully saturated rings. The standard InChI is InChI=1S/C26H28N2O/c29-26(17-22-12-6-2-7-13-22)28(25-14-8-3-9-15-25)20-24-19-27-18-23(24)16-21-10-4-1-5-11-21/h1-15,23-24,27H,16-20H2. The lowest BCUT2D eigenvalue weighted by molar-refractivity contribution is -0.118. The Bertz CT molecular complexity index is 896. The highest BCUT2D eigenvalue weighted by Gasteiger charge is 2.30. The SMILES string of the molecule is O=C(Cc1ccccc1)N(CC1CNCC1Cc1ccccc1)c1ccccc1. The molecule has 2 atom stereocenters. The Kier molecular flexibility index (Phi) is 6.38. The maximum Gasteiger partial charge on any atom is 0.231 e. The zero-order chi connectivity index (χ0) is 19.9. The predicted molar refractivity (Wildman–Crippen MR) is 119 cm³/mol. The fraction of sp³-hybridized carbons (Fsp3) is 0.269. The van der Waals surface area contributed by atoms with Crippen LogP contribution in [0.1, 0.15) is 11.1 Å². The molecule has 3 aromatic rings. The minimum absolute atomic E-state index is 0.160. The van der Waals surface area contributed by atoms with Crippen LogP contribution in [0.5, 0.6) is 0 Å². The lowest BCUT2D eigenvalue weighted by Crippen LogP contribution is -2.39. The number of nitrogens with zero attached hydrogens (tertiary/aromatic N) is 1. The van der Waals surface area contributed by atoms with E-state index in [4.69, 9.17) is 0 Å². The van der Waals surface area contributed by atoms with Gasteiger partial charge in [-0.05, 0) is 54.6 Å². The number of nitrogens with one attached hydrogen (secondary N) is 1. The first-order valence-electron chi connectivity index (χ1n) is 10.4. The first kappa shape index (κ1) is 19.4. The van der Waals surface area contributed by atoms with Gasteiger partial charge in [0, 0.05) is 12.2 Å². The molecule has 2 unspecified atom stereocenters. The second-order valence-electron chi connectivity index (χ2n) is 7.87. The van der Waals surface area contributed by atoms with Crippen LogP contribution in [0.4, 0.5) is 5.69 Å². The molecule has 1 aliphatic heterocycles. The molecular formula is C26H28N2O. The molecule has 0 spiro atoms. The monoisotopic (exact) mass is 384 g/mol. The summed E-state index contributed by atoms with van der Waals surface area (Å²) in [6, 6.07) is 30.8. The molecule has 4 rings (SSSR count). The van der Waals surface area contributed by atoms with Crippen molar-refractivity contribution in [2.24, 2.45) is 11.8 Å². The first-order valence-corrected chi connectivity index (χ1v) is 10.4. The second-order valence-corrected chi connectivity index (χ2v) is 7.87. The molecule has 1 amide bonds. The number of carbonyl (C=O) groups excluding carboxylic acids is 1. The summed E-state index contributed by atoms with van der Waals surface area (Å²) in [5.74, 6) is 1.14. The summed E-state index contributed by atoms with van der Waals surface area (Å²) >= 11 is 0. The quantitative estimate of drug-likeness (QED) is 0.657. The number of amides is 1. The second kappa shape index (κ2) is 9.53. The van der Waals surface area contributed by atoms with Gasteiger partial charge < -0.3 is 10.2 Å². The van der Waals surface area contributed by atoms with Gasteiger partial charge in [-0.1, -0.05) is 78.9 Å². The highest BCUT2D eigenvalue weighted by molar-refractivity contribution is 5.94. The van der Waals surface area contributed by atoms with Crippen LogP contribution in [0.25, 0.3) is 0 Å². The lowest BCUT2D eigenvalue weighted by Gasteiger charge is -2.29. The van der Waals surface area contributed by atoms with Gasteiger partial charge in [0.2, 0.25) is 5.91 Å². The Balaban J connectivity index is 1.51.